The van der Waals surface area contributed by atoms with Crippen molar-refractivity contribution in [3.63, 3.8) is 0 Å². The Morgan fingerprint density at radius 1 is 1.08 bits per heavy atom. The minimum Gasteiger partial charge on any atom is -0.492 e. The van der Waals surface area contributed by atoms with E-state index in [1.165, 1.54) is 12.8 Å². The Morgan fingerprint density at radius 3 is 2.68 bits per heavy atom. The molecule has 0 spiro atoms. The molecule has 2 aliphatic rings. The zero-order valence-electron chi connectivity index (χ0n) is 20.9. The number of hydrogen-bond donors (Lipinski definition) is 2. The summed E-state index contributed by atoms with van der Waals surface area (Å²) in [4.78, 5) is 32.1. The molecule has 6 rings (SSSR count). The number of imidazole rings is 1. The summed E-state index contributed by atoms with van der Waals surface area (Å²) in [5.74, 6) is 0.909. The lowest BCUT2D eigenvalue weighted by Crippen LogP contribution is -2.38. The van der Waals surface area contributed by atoms with E-state index in [1.54, 1.807) is 6.20 Å². The van der Waals surface area contributed by atoms with Gasteiger partial charge in [0.1, 0.15) is 23.7 Å². The molecule has 0 bridgehead atoms. The maximum Gasteiger partial charge on any atom is 0.272 e. The Labute approximate surface area is 214 Å². The number of aromatic nitrogens is 4. The summed E-state index contributed by atoms with van der Waals surface area (Å²) in [5, 5.41) is 11.8. The van der Waals surface area contributed by atoms with Gasteiger partial charge in [-0.25, -0.2) is 10.1 Å². The first kappa shape index (κ1) is 23.7. The summed E-state index contributed by atoms with van der Waals surface area (Å²) in [5.41, 5.74) is 2.01. The summed E-state index contributed by atoms with van der Waals surface area (Å²) >= 11 is 0. The van der Waals surface area contributed by atoms with Crippen molar-refractivity contribution in [3.05, 3.63) is 70.5 Å². The number of H-pyrrole nitrogens is 1. The zero-order chi connectivity index (χ0) is 25.2. The molecule has 1 aliphatic heterocycles. The molecule has 1 amide bonds. The quantitative estimate of drug-likeness (QED) is 0.403. The molecular weight excluding hydrogens is 468 g/mol. The van der Waals surface area contributed by atoms with Crippen LogP contribution in [-0.2, 0) is 0 Å². The van der Waals surface area contributed by atoms with Crippen molar-refractivity contribution in [2.75, 3.05) is 26.2 Å². The molecule has 1 saturated carbocycles. The highest BCUT2D eigenvalue weighted by Crippen LogP contribution is 2.34. The zero-order valence-corrected chi connectivity index (χ0v) is 20.9. The van der Waals surface area contributed by atoms with Crippen LogP contribution in [0.3, 0.4) is 0 Å². The number of nitrogens with zero attached hydrogens (tertiary/aromatic N) is 4. The number of benzene rings is 1. The molecule has 0 radical (unpaired) electrons. The van der Waals surface area contributed by atoms with Crippen LogP contribution in [0.1, 0.15) is 60.6 Å². The molecule has 37 heavy (non-hydrogen) atoms. The van der Waals surface area contributed by atoms with Crippen LogP contribution < -0.4 is 15.6 Å². The number of rotatable bonds is 7. The van der Waals surface area contributed by atoms with Crippen molar-refractivity contribution in [3.8, 4) is 5.75 Å². The van der Waals surface area contributed by atoms with Crippen LogP contribution in [0.15, 0.2) is 53.6 Å². The molecule has 9 nitrogen and oxygen atoms in total. The highest BCUT2D eigenvalue weighted by Gasteiger charge is 2.27. The highest BCUT2D eigenvalue weighted by molar-refractivity contribution is 5.93. The molecule has 0 unspecified atom stereocenters. The maximum absolute atomic E-state index is 13.1. The summed E-state index contributed by atoms with van der Waals surface area (Å²) in [6, 6.07) is 11.5. The van der Waals surface area contributed by atoms with Gasteiger partial charge in [-0.1, -0.05) is 18.2 Å². The number of nitrogens with one attached hydrogen (secondary N) is 2. The largest absolute Gasteiger partial charge is 0.492 e. The molecule has 4 aromatic rings. The van der Waals surface area contributed by atoms with Gasteiger partial charge in [-0.05, 0) is 63.7 Å². The average Bonchev–Trinajstić information content (AvgIpc) is 3.60. The van der Waals surface area contributed by atoms with Crippen LogP contribution in [-0.4, -0.2) is 62.7 Å². The van der Waals surface area contributed by atoms with E-state index in [4.69, 9.17) is 4.74 Å². The first-order valence-corrected chi connectivity index (χ1v) is 13.3. The SMILES string of the molecule is O=C(NC1CCC(c2n[nH]c(=O)c3ccccc23)CC1)c1cnc2cc(OCCN3CCCC3)ccn12. The van der Waals surface area contributed by atoms with Crippen LogP contribution in [0, 0.1) is 0 Å². The van der Waals surface area contributed by atoms with Gasteiger partial charge in [0.2, 0.25) is 0 Å². The molecule has 1 saturated heterocycles. The van der Waals surface area contributed by atoms with Gasteiger partial charge in [-0.2, -0.15) is 5.10 Å². The molecule has 2 fully saturated rings. The van der Waals surface area contributed by atoms with E-state index >= 15 is 0 Å². The van der Waals surface area contributed by atoms with Crippen LogP contribution in [0.4, 0.5) is 0 Å². The number of fused-ring (bicyclic) bond motifs is 2. The second-order valence-electron chi connectivity index (χ2n) is 10.1. The standard InChI is InChI=1S/C28H32N6O3/c35-27-23-6-2-1-5-22(23)26(31-32-27)19-7-9-20(10-8-19)30-28(36)24-18-29-25-17-21(11-14-34(24)25)37-16-15-33-12-3-4-13-33/h1-2,5-6,11,14,17-20H,3-4,7-10,12-13,15-16H2,(H,30,36)(H,32,35). The topological polar surface area (TPSA) is 105 Å². The van der Waals surface area contributed by atoms with Gasteiger partial charge >= 0.3 is 0 Å². The second-order valence-corrected chi connectivity index (χ2v) is 10.1. The molecule has 0 atom stereocenters. The first-order valence-electron chi connectivity index (χ1n) is 13.3. The van der Waals surface area contributed by atoms with Crippen molar-refractivity contribution >= 4 is 22.3 Å². The van der Waals surface area contributed by atoms with Gasteiger partial charge in [0.25, 0.3) is 11.5 Å². The molecule has 2 N–H and O–H groups in total. The van der Waals surface area contributed by atoms with Crippen molar-refractivity contribution in [2.45, 2.75) is 50.5 Å². The third kappa shape index (κ3) is 4.96. The van der Waals surface area contributed by atoms with Gasteiger partial charge in [0.15, 0.2) is 0 Å². The number of carbonyl (C=O) groups is 1. The van der Waals surface area contributed by atoms with Gasteiger partial charge < -0.3 is 10.1 Å². The Balaban J connectivity index is 1.06. The lowest BCUT2D eigenvalue weighted by atomic mass is 9.82. The minimum absolute atomic E-state index is 0.0940. The Kier molecular flexibility index (Phi) is 6.61. The molecule has 192 valence electrons. The number of carbonyl (C=O) groups excluding carboxylic acids is 1. The second kappa shape index (κ2) is 10.3. The van der Waals surface area contributed by atoms with Crippen molar-refractivity contribution in [2.24, 2.45) is 0 Å². The van der Waals surface area contributed by atoms with E-state index in [-0.39, 0.29) is 23.4 Å². The fourth-order valence-corrected chi connectivity index (χ4v) is 5.74. The third-order valence-corrected chi connectivity index (χ3v) is 7.77. The van der Waals surface area contributed by atoms with Crippen LogP contribution in [0.5, 0.6) is 5.75 Å². The number of amides is 1. The monoisotopic (exact) mass is 500 g/mol. The van der Waals surface area contributed by atoms with E-state index in [0.29, 0.717) is 23.3 Å². The molecular formula is C28H32N6O3. The van der Waals surface area contributed by atoms with E-state index in [1.807, 2.05) is 47.0 Å². The van der Waals surface area contributed by atoms with Crippen molar-refractivity contribution in [1.82, 2.24) is 29.8 Å². The fourth-order valence-electron chi connectivity index (χ4n) is 5.74. The molecule has 9 heteroatoms. The number of pyridine rings is 1. The fraction of sp³-hybridized carbons (Fsp3) is 0.429. The van der Waals surface area contributed by atoms with Gasteiger partial charge in [-0.3, -0.25) is 18.9 Å². The van der Waals surface area contributed by atoms with Gasteiger partial charge in [-0.15, -0.1) is 0 Å². The number of ether oxygens (including phenoxy) is 1. The predicted molar refractivity (Wildman–Crippen MR) is 141 cm³/mol. The normalized spacial score (nSPS) is 20.4. The van der Waals surface area contributed by atoms with Gasteiger partial charge in [0.05, 0.1) is 17.3 Å². The van der Waals surface area contributed by atoms with Crippen molar-refractivity contribution in [1.29, 1.82) is 0 Å². The Hall–Kier alpha value is -3.72. The van der Waals surface area contributed by atoms with E-state index < -0.39 is 0 Å². The lowest BCUT2D eigenvalue weighted by Gasteiger charge is -2.29. The lowest BCUT2D eigenvalue weighted by molar-refractivity contribution is 0.0919. The van der Waals surface area contributed by atoms with E-state index in [0.717, 1.165) is 62.1 Å². The first-order chi connectivity index (χ1) is 18.2. The summed E-state index contributed by atoms with van der Waals surface area (Å²) in [7, 11) is 0. The Morgan fingerprint density at radius 2 is 1.86 bits per heavy atom. The van der Waals surface area contributed by atoms with Crippen LogP contribution in [0.25, 0.3) is 16.4 Å². The summed E-state index contributed by atoms with van der Waals surface area (Å²) < 4.78 is 7.74. The van der Waals surface area contributed by atoms with Crippen molar-refractivity contribution < 1.29 is 9.53 Å². The smallest absolute Gasteiger partial charge is 0.272 e. The summed E-state index contributed by atoms with van der Waals surface area (Å²) in [6.45, 7) is 3.90. The molecule has 4 heterocycles. The summed E-state index contributed by atoms with van der Waals surface area (Å²) in [6.07, 6.45) is 9.55. The number of hydrogen-bond acceptors (Lipinski definition) is 6. The predicted octanol–water partition coefficient (Wildman–Crippen LogP) is 3.50. The Bertz CT molecular complexity index is 1460. The van der Waals surface area contributed by atoms with Gasteiger partial charge in [0, 0.05) is 36.2 Å². The van der Waals surface area contributed by atoms with Crippen LogP contribution >= 0.6 is 0 Å². The molecule has 1 aliphatic carbocycles. The number of likely N-dealkylation sites (tertiary alicyclic amines) is 1. The minimum atomic E-state index is -0.158. The average molecular weight is 501 g/mol. The van der Waals surface area contributed by atoms with Crippen LogP contribution in [0.2, 0.25) is 0 Å². The van der Waals surface area contributed by atoms with E-state index in [2.05, 4.69) is 25.4 Å². The maximum atomic E-state index is 13.1. The number of aromatic amines is 1. The molecule has 1 aromatic carbocycles. The van der Waals surface area contributed by atoms with E-state index in [9.17, 15) is 9.59 Å². The molecule has 3 aromatic heterocycles. The highest BCUT2D eigenvalue weighted by atomic mass is 16.5. The third-order valence-electron chi connectivity index (χ3n) is 7.77.